The fourth-order valence-electron chi connectivity index (χ4n) is 5.11. The first-order valence-corrected chi connectivity index (χ1v) is 11.7. The molecular weight excluding hydrogens is 416 g/mol. The lowest BCUT2D eigenvalue weighted by molar-refractivity contribution is 0.112. The number of hydrogen-bond acceptors (Lipinski definition) is 3. The number of carbonyl (C=O) groups excluding carboxylic acids is 1. The average Bonchev–Trinajstić information content (AvgIpc) is 3.56. The van der Waals surface area contributed by atoms with E-state index in [0.29, 0.717) is 11.1 Å². The maximum atomic E-state index is 10.1. The molecule has 1 fully saturated rings. The molecule has 34 heavy (non-hydrogen) atoms. The van der Waals surface area contributed by atoms with Crippen molar-refractivity contribution in [3.63, 3.8) is 0 Å². The highest BCUT2D eigenvalue weighted by atomic mass is 16.1. The number of nitrogens with zero attached hydrogens (tertiary/aromatic N) is 1. The van der Waals surface area contributed by atoms with Crippen LogP contribution in [0.15, 0.2) is 91.0 Å². The molecule has 3 nitrogen and oxygen atoms in total. The number of fused-ring (bicyclic) bond motifs is 2. The average molecular weight is 443 g/mol. The Morgan fingerprint density at radius 1 is 0.765 bits per heavy atom. The molecule has 0 amide bonds. The molecule has 0 radical (unpaired) electrons. The zero-order chi connectivity index (χ0) is 23.5. The van der Waals surface area contributed by atoms with Gasteiger partial charge in [0.1, 0.15) is 6.29 Å². The third-order valence-corrected chi connectivity index (χ3v) is 6.91. The molecule has 0 spiro atoms. The van der Waals surface area contributed by atoms with Gasteiger partial charge < -0.3 is 5.73 Å². The molecule has 2 atom stereocenters. The largest absolute Gasteiger partial charge is 0.398 e. The van der Waals surface area contributed by atoms with Gasteiger partial charge in [0.05, 0.1) is 11.6 Å². The van der Waals surface area contributed by atoms with Crippen LogP contribution < -0.4 is 5.73 Å². The molecule has 2 aliphatic rings. The predicted octanol–water partition coefficient (Wildman–Crippen LogP) is 7.51. The number of carbonyl (C=O) groups is 1. The smallest absolute Gasteiger partial charge is 0.150 e. The second kappa shape index (κ2) is 9.37. The van der Waals surface area contributed by atoms with E-state index in [1.165, 1.54) is 46.2 Å². The summed E-state index contributed by atoms with van der Waals surface area (Å²) in [4.78, 5) is 10.1. The Morgan fingerprint density at radius 2 is 1.35 bits per heavy atom. The minimum absolute atomic E-state index is 0.575. The maximum Gasteiger partial charge on any atom is 0.150 e. The van der Waals surface area contributed by atoms with E-state index in [0.717, 1.165) is 29.2 Å². The normalized spacial score (nSPS) is 17.7. The second-order valence-electron chi connectivity index (χ2n) is 9.08. The summed E-state index contributed by atoms with van der Waals surface area (Å²) < 4.78 is 0. The van der Waals surface area contributed by atoms with Crippen molar-refractivity contribution in [2.75, 3.05) is 5.73 Å². The van der Waals surface area contributed by atoms with Crippen LogP contribution in [0.2, 0.25) is 0 Å². The Hall–Kier alpha value is -4.16. The van der Waals surface area contributed by atoms with Gasteiger partial charge >= 0.3 is 0 Å². The van der Waals surface area contributed by atoms with Crippen molar-refractivity contribution in [3.05, 3.63) is 102 Å². The maximum absolute atomic E-state index is 10.1. The van der Waals surface area contributed by atoms with E-state index < -0.39 is 0 Å². The zero-order valence-corrected chi connectivity index (χ0v) is 18.9. The van der Waals surface area contributed by atoms with Crippen molar-refractivity contribution >= 4 is 44.3 Å². The minimum atomic E-state index is 0.575. The number of aldehydes is 1. The molecule has 0 saturated heterocycles. The summed E-state index contributed by atoms with van der Waals surface area (Å²) in [6, 6.07) is 27.6. The van der Waals surface area contributed by atoms with Gasteiger partial charge in [0.25, 0.3) is 0 Å². The Bertz CT molecular complexity index is 1500. The SMILES string of the molecule is C1=CC2CCC1C2.N#Cc1ccc(C=O)cc1.Nc1ccc2ccc3cccc4ccc1c2c34. The lowest BCUT2D eigenvalue weighted by atomic mass is 9.94. The molecule has 5 aromatic rings. The zero-order valence-electron chi connectivity index (χ0n) is 18.9. The molecule has 7 rings (SSSR count). The first-order valence-electron chi connectivity index (χ1n) is 11.7. The molecule has 2 bridgehead atoms. The number of nitriles is 1. The molecule has 166 valence electrons. The Morgan fingerprint density at radius 3 is 1.88 bits per heavy atom. The van der Waals surface area contributed by atoms with E-state index in [4.69, 9.17) is 11.0 Å². The van der Waals surface area contributed by atoms with E-state index in [1.54, 1.807) is 24.3 Å². The fourth-order valence-corrected chi connectivity index (χ4v) is 5.11. The van der Waals surface area contributed by atoms with Gasteiger partial charge in [0.15, 0.2) is 0 Å². The lowest BCUT2D eigenvalue weighted by Crippen LogP contribution is -1.89. The van der Waals surface area contributed by atoms with E-state index >= 15 is 0 Å². The first kappa shape index (κ1) is 21.7. The summed E-state index contributed by atoms with van der Waals surface area (Å²) in [5, 5.41) is 16.0. The highest BCUT2D eigenvalue weighted by Gasteiger charge is 2.25. The van der Waals surface area contributed by atoms with Crippen molar-refractivity contribution in [1.29, 1.82) is 5.26 Å². The van der Waals surface area contributed by atoms with Crippen LogP contribution in [0.1, 0.15) is 35.2 Å². The quantitative estimate of drug-likeness (QED) is 0.126. The van der Waals surface area contributed by atoms with Gasteiger partial charge in [-0.1, -0.05) is 72.8 Å². The molecular formula is C31H26N2O. The van der Waals surface area contributed by atoms with Crippen LogP contribution in [0, 0.1) is 23.2 Å². The van der Waals surface area contributed by atoms with Gasteiger partial charge in [-0.2, -0.15) is 5.26 Å². The topological polar surface area (TPSA) is 66.9 Å². The molecule has 0 aromatic heterocycles. The first-order chi connectivity index (χ1) is 16.7. The van der Waals surface area contributed by atoms with E-state index in [-0.39, 0.29) is 0 Å². The van der Waals surface area contributed by atoms with Crippen molar-refractivity contribution in [2.45, 2.75) is 19.3 Å². The number of allylic oxidation sites excluding steroid dienone is 2. The second-order valence-corrected chi connectivity index (χ2v) is 9.08. The van der Waals surface area contributed by atoms with Crippen LogP contribution in [-0.4, -0.2) is 6.29 Å². The third kappa shape index (κ3) is 4.23. The summed E-state index contributed by atoms with van der Waals surface area (Å²) in [6.07, 6.45) is 9.94. The standard InChI is InChI=1S/C16H11N.C8H5NO.C7H10/c17-14-9-7-12-5-4-10-2-1-3-11-6-8-13(14)16(12)15(10)11;9-5-7-1-3-8(6-10)4-2-7;1-2-7-4-3-6(1)5-7/h1-9H,17H2;1-4,6H;1-2,6-7H,3-5H2. The summed E-state index contributed by atoms with van der Waals surface area (Å²) in [6.45, 7) is 0. The Kier molecular flexibility index (Phi) is 5.97. The lowest BCUT2D eigenvalue weighted by Gasteiger charge is -2.11. The number of rotatable bonds is 1. The number of hydrogen-bond donors (Lipinski definition) is 1. The molecule has 0 heterocycles. The van der Waals surface area contributed by atoms with Crippen molar-refractivity contribution in [3.8, 4) is 6.07 Å². The van der Waals surface area contributed by atoms with Crippen molar-refractivity contribution in [2.24, 2.45) is 11.8 Å². The Labute approximate surface area is 199 Å². The molecule has 2 N–H and O–H groups in total. The monoisotopic (exact) mass is 442 g/mol. The van der Waals surface area contributed by atoms with Crippen LogP contribution in [-0.2, 0) is 0 Å². The fraction of sp³-hybridized carbons (Fsp3) is 0.161. The van der Waals surface area contributed by atoms with Gasteiger partial charge in [-0.3, -0.25) is 4.79 Å². The van der Waals surface area contributed by atoms with E-state index in [1.807, 2.05) is 12.1 Å². The van der Waals surface area contributed by atoms with Crippen LogP contribution in [0.25, 0.3) is 32.3 Å². The number of nitrogen functional groups attached to an aromatic ring is 1. The highest BCUT2D eigenvalue weighted by Crippen LogP contribution is 2.38. The van der Waals surface area contributed by atoms with Crippen LogP contribution >= 0.6 is 0 Å². The summed E-state index contributed by atoms with van der Waals surface area (Å²) in [5.74, 6) is 1.98. The van der Waals surface area contributed by atoms with E-state index in [9.17, 15) is 4.79 Å². The Balaban J connectivity index is 0.000000120. The molecule has 3 heteroatoms. The molecule has 1 saturated carbocycles. The van der Waals surface area contributed by atoms with Crippen molar-refractivity contribution in [1.82, 2.24) is 0 Å². The highest BCUT2D eigenvalue weighted by molar-refractivity contribution is 6.24. The van der Waals surface area contributed by atoms with Gasteiger partial charge in [-0.15, -0.1) is 0 Å². The molecule has 0 aliphatic heterocycles. The number of nitrogens with two attached hydrogens (primary N) is 1. The molecule has 2 aliphatic carbocycles. The van der Waals surface area contributed by atoms with Crippen molar-refractivity contribution < 1.29 is 4.79 Å². The predicted molar refractivity (Wildman–Crippen MR) is 141 cm³/mol. The van der Waals surface area contributed by atoms with Crippen LogP contribution in [0.5, 0.6) is 0 Å². The minimum Gasteiger partial charge on any atom is -0.398 e. The summed E-state index contributed by atoms with van der Waals surface area (Å²) >= 11 is 0. The van der Waals surface area contributed by atoms with E-state index in [2.05, 4.69) is 60.7 Å². The van der Waals surface area contributed by atoms with Gasteiger partial charge in [0.2, 0.25) is 0 Å². The number of anilines is 1. The molecule has 2 unspecified atom stereocenters. The van der Waals surface area contributed by atoms with Crippen LogP contribution in [0.4, 0.5) is 5.69 Å². The summed E-state index contributed by atoms with van der Waals surface area (Å²) in [7, 11) is 0. The van der Waals surface area contributed by atoms with Gasteiger partial charge in [-0.05, 0) is 76.2 Å². The molecule has 5 aromatic carbocycles. The van der Waals surface area contributed by atoms with Crippen LogP contribution in [0.3, 0.4) is 0 Å². The summed E-state index contributed by atoms with van der Waals surface area (Å²) in [5.41, 5.74) is 8.09. The van der Waals surface area contributed by atoms with Gasteiger partial charge in [0, 0.05) is 16.6 Å². The van der Waals surface area contributed by atoms with Gasteiger partial charge in [-0.25, -0.2) is 0 Å². The third-order valence-electron chi connectivity index (χ3n) is 6.91. The number of benzene rings is 5.